The lowest BCUT2D eigenvalue weighted by Gasteiger charge is -2.49. The summed E-state index contributed by atoms with van der Waals surface area (Å²) in [7, 11) is 2.74. The van der Waals surface area contributed by atoms with Crippen molar-refractivity contribution in [2.24, 2.45) is 0 Å². The number of alkyl halides is 6. The van der Waals surface area contributed by atoms with Gasteiger partial charge in [-0.1, -0.05) is 37.1 Å². The first kappa shape index (κ1) is 31.4. The zero-order valence-corrected chi connectivity index (χ0v) is 23.5. The fraction of sp³-hybridized carbons (Fsp3) is 0.600. The molecule has 0 amide bonds. The maximum Gasteiger partial charge on any atom is 0.423 e. The lowest BCUT2D eigenvalue weighted by molar-refractivity contribution is -0.382. The van der Waals surface area contributed by atoms with E-state index in [0.717, 1.165) is 37.1 Å². The SMILES string of the molecule is COc1ccc(C(CN2CCCCC2)(OC(CN2CCCCC2)(c2ccc(OC)cc2)C(F)(F)F)C(F)(F)F)cc1. The third-order valence-electron chi connectivity index (χ3n) is 8.17. The summed E-state index contributed by atoms with van der Waals surface area (Å²) in [6.45, 7) is -0.181. The minimum Gasteiger partial charge on any atom is -0.497 e. The lowest BCUT2D eigenvalue weighted by atomic mass is 9.85. The Morgan fingerprint density at radius 3 is 1.12 bits per heavy atom. The number of nitrogens with zero attached hydrogens (tertiary/aromatic N) is 2. The highest BCUT2D eigenvalue weighted by Crippen LogP contribution is 2.53. The first-order valence-electron chi connectivity index (χ1n) is 14.0. The number of ether oxygens (including phenoxy) is 3. The second-order valence-electron chi connectivity index (χ2n) is 10.9. The zero-order valence-electron chi connectivity index (χ0n) is 23.5. The first-order valence-corrected chi connectivity index (χ1v) is 14.0. The van der Waals surface area contributed by atoms with Crippen LogP contribution >= 0.6 is 0 Å². The zero-order chi connectivity index (χ0) is 29.7. The summed E-state index contributed by atoms with van der Waals surface area (Å²) in [4.78, 5) is 3.13. The van der Waals surface area contributed by atoms with E-state index >= 15 is 26.3 Å². The molecule has 2 fully saturated rings. The van der Waals surface area contributed by atoms with E-state index in [2.05, 4.69) is 0 Å². The Bertz CT molecular complexity index is 1010. The van der Waals surface area contributed by atoms with E-state index in [0.29, 0.717) is 51.9 Å². The Kier molecular flexibility index (Phi) is 9.81. The molecule has 2 unspecified atom stereocenters. The number of rotatable bonds is 10. The van der Waals surface area contributed by atoms with E-state index in [9.17, 15) is 0 Å². The molecule has 41 heavy (non-hydrogen) atoms. The van der Waals surface area contributed by atoms with Crippen molar-refractivity contribution in [3.63, 3.8) is 0 Å². The van der Waals surface area contributed by atoms with Gasteiger partial charge in [-0.05, 0) is 87.3 Å². The predicted octanol–water partition coefficient (Wildman–Crippen LogP) is 6.91. The van der Waals surface area contributed by atoms with Gasteiger partial charge in [0.2, 0.25) is 11.2 Å². The standard InChI is InChI=1S/C30H38F6N2O3/c1-39-25-13-9-23(10-14-25)27(29(31,32)33,21-37-17-5-3-6-18-37)41-28(30(34,35)36,22-38-19-7-4-8-20-38)24-11-15-26(40-2)16-12-24/h9-16H,3-8,17-22H2,1-2H3. The molecule has 228 valence electrons. The number of halogens is 6. The molecule has 0 saturated carbocycles. The lowest BCUT2D eigenvalue weighted by Crippen LogP contribution is -2.63. The summed E-state index contributed by atoms with van der Waals surface area (Å²) in [6, 6.07) is 9.92. The van der Waals surface area contributed by atoms with E-state index in [1.807, 2.05) is 0 Å². The summed E-state index contributed by atoms with van der Waals surface area (Å²) in [6.07, 6.45) is -6.03. The van der Waals surface area contributed by atoms with Crippen LogP contribution in [0.1, 0.15) is 49.7 Å². The van der Waals surface area contributed by atoms with Crippen molar-refractivity contribution < 1.29 is 40.6 Å². The van der Waals surface area contributed by atoms with Crippen LogP contribution in [0.15, 0.2) is 48.5 Å². The van der Waals surface area contributed by atoms with Crippen molar-refractivity contribution in [1.82, 2.24) is 9.80 Å². The van der Waals surface area contributed by atoms with E-state index in [1.54, 1.807) is 9.80 Å². The molecule has 0 bridgehead atoms. The molecule has 2 aliphatic rings. The second-order valence-corrected chi connectivity index (χ2v) is 10.9. The van der Waals surface area contributed by atoms with Crippen molar-refractivity contribution in [2.45, 2.75) is 62.1 Å². The summed E-state index contributed by atoms with van der Waals surface area (Å²) in [5.74, 6) is 0.571. The van der Waals surface area contributed by atoms with Crippen LogP contribution in [0.5, 0.6) is 11.5 Å². The van der Waals surface area contributed by atoms with Crippen molar-refractivity contribution >= 4 is 0 Å². The largest absolute Gasteiger partial charge is 0.497 e. The van der Waals surface area contributed by atoms with E-state index in [4.69, 9.17) is 14.2 Å². The molecule has 5 nitrogen and oxygen atoms in total. The summed E-state index contributed by atoms with van der Waals surface area (Å²) in [5.41, 5.74) is -7.39. The molecule has 0 aliphatic carbocycles. The first-order chi connectivity index (χ1) is 19.4. The Morgan fingerprint density at radius 2 is 0.854 bits per heavy atom. The van der Waals surface area contributed by atoms with Gasteiger partial charge in [-0.3, -0.25) is 9.80 Å². The van der Waals surface area contributed by atoms with E-state index < -0.39 is 47.8 Å². The van der Waals surface area contributed by atoms with E-state index in [1.165, 1.54) is 38.5 Å². The van der Waals surface area contributed by atoms with Gasteiger partial charge >= 0.3 is 12.4 Å². The third-order valence-corrected chi connectivity index (χ3v) is 8.17. The Morgan fingerprint density at radius 1 is 0.537 bits per heavy atom. The van der Waals surface area contributed by atoms with Gasteiger partial charge in [0.25, 0.3) is 0 Å². The normalized spacial score (nSPS) is 20.7. The highest BCUT2D eigenvalue weighted by atomic mass is 19.4. The minimum atomic E-state index is -5.19. The van der Waals surface area contributed by atoms with Crippen LogP contribution in [0.25, 0.3) is 0 Å². The molecular weight excluding hydrogens is 550 g/mol. The number of hydrogen-bond donors (Lipinski definition) is 0. The number of hydrogen-bond acceptors (Lipinski definition) is 5. The van der Waals surface area contributed by atoms with Gasteiger partial charge in [0.1, 0.15) is 11.5 Å². The van der Waals surface area contributed by atoms with Crippen LogP contribution in [-0.2, 0) is 15.9 Å². The van der Waals surface area contributed by atoms with Crippen LogP contribution < -0.4 is 9.47 Å². The summed E-state index contributed by atoms with van der Waals surface area (Å²) >= 11 is 0. The molecule has 0 radical (unpaired) electrons. The fourth-order valence-corrected chi connectivity index (χ4v) is 5.87. The molecule has 11 heteroatoms. The van der Waals surface area contributed by atoms with Gasteiger partial charge in [-0.15, -0.1) is 0 Å². The molecule has 2 aromatic carbocycles. The fourth-order valence-electron chi connectivity index (χ4n) is 5.87. The van der Waals surface area contributed by atoms with Crippen LogP contribution in [0.4, 0.5) is 26.3 Å². The third kappa shape index (κ3) is 6.78. The predicted molar refractivity (Wildman–Crippen MR) is 143 cm³/mol. The average Bonchev–Trinajstić information content (AvgIpc) is 2.96. The summed E-state index contributed by atoms with van der Waals surface area (Å²) < 4.78 is 109. The maximum absolute atomic E-state index is 15.5. The van der Waals surface area contributed by atoms with Crippen LogP contribution in [-0.4, -0.2) is 75.6 Å². The van der Waals surface area contributed by atoms with Crippen LogP contribution in [0.2, 0.25) is 0 Å². The Balaban J connectivity index is 1.94. The number of piperidine rings is 2. The highest BCUT2D eigenvalue weighted by Gasteiger charge is 2.68. The van der Waals surface area contributed by atoms with Gasteiger partial charge in [-0.2, -0.15) is 26.3 Å². The van der Waals surface area contributed by atoms with Gasteiger partial charge in [0.15, 0.2) is 0 Å². The molecule has 4 rings (SSSR count). The van der Waals surface area contributed by atoms with Gasteiger partial charge in [0, 0.05) is 13.1 Å². The van der Waals surface area contributed by atoms with E-state index in [-0.39, 0.29) is 11.5 Å². The molecule has 2 aliphatic heterocycles. The monoisotopic (exact) mass is 588 g/mol. The molecule has 2 heterocycles. The topological polar surface area (TPSA) is 34.2 Å². The minimum absolute atomic E-state index is 0.286. The molecule has 0 N–H and O–H groups in total. The quantitative estimate of drug-likeness (QED) is 0.282. The molecular formula is C30H38F6N2O3. The van der Waals surface area contributed by atoms with Gasteiger partial charge in [-0.25, -0.2) is 0 Å². The average molecular weight is 589 g/mol. The van der Waals surface area contributed by atoms with Crippen molar-refractivity contribution in [2.75, 3.05) is 53.5 Å². The van der Waals surface area contributed by atoms with Crippen molar-refractivity contribution in [3.8, 4) is 11.5 Å². The van der Waals surface area contributed by atoms with Crippen LogP contribution in [0, 0.1) is 0 Å². The molecule has 0 aromatic heterocycles. The van der Waals surface area contributed by atoms with Crippen molar-refractivity contribution in [3.05, 3.63) is 59.7 Å². The number of benzene rings is 2. The number of methoxy groups -OCH3 is 2. The Hall–Kier alpha value is -2.50. The number of likely N-dealkylation sites (tertiary alicyclic amines) is 2. The second kappa shape index (κ2) is 12.8. The van der Waals surface area contributed by atoms with Crippen molar-refractivity contribution in [1.29, 1.82) is 0 Å². The molecule has 2 saturated heterocycles. The van der Waals surface area contributed by atoms with Crippen LogP contribution in [0.3, 0.4) is 0 Å². The summed E-state index contributed by atoms with van der Waals surface area (Å²) in [5, 5.41) is 0. The molecule has 2 atom stereocenters. The Labute approximate surface area is 237 Å². The smallest absolute Gasteiger partial charge is 0.423 e. The molecule has 0 spiro atoms. The van der Waals surface area contributed by atoms with Gasteiger partial charge in [0.05, 0.1) is 14.2 Å². The van der Waals surface area contributed by atoms with Gasteiger partial charge < -0.3 is 14.2 Å². The molecule has 2 aromatic rings. The highest BCUT2D eigenvalue weighted by molar-refractivity contribution is 5.36. The maximum atomic E-state index is 15.5.